The maximum atomic E-state index is 10.5. The second-order valence-corrected chi connectivity index (χ2v) is 1.52. The van der Waals surface area contributed by atoms with E-state index in [1.807, 2.05) is 0 Å². The Morgan fingerprint density at radius 3 is 3.00 bits per heavy atom. The van der Waals surface area contributed by atoms with Gasteiger partial charge in [0.2, 0.25) is 0 Å². The molecule has 1 heterocycles. The molecule has 1 aromatic rings. The molecule has 0 spiro atoms. The van der Waals surface area contributed by atoms with Crippen molar-refractivity contribution < 1.29 is 9.90 Å². The Labute approximate surface area is 51.8 Å². The molecule has 1 N–H and O–H groups in total. The first-order chi connectivity index (χ1) is 4.34. The molecule has 0 atom stereocenters. The lowest BCUT2D eigenvalue weighted by atomic mass is 10.6. The van der Waals surface area contributed by atoms with Gasteiger partial charge in [0.15, 0.2) is 0 Å². The van der Waals surface area contributed by atoms with Gasteiger partial charge in [-0.15, -0.1) is 0 Å². The average Bonchev–Trinajstić information content (AvgIpc) is 2.37. The topological polar surface area (TPSA) is 55.1 Å². The molecular formula is C5H6N2O2. The lowest BCUT2D eigenvalue weighted by Crippen LogP contribution is -2.11. The summed E-state index contributed by atoms with van der Waals surface area (Å²) in [6.07, 6.45) is 4.31. The zero-order valence-corrected chi connectivity index (χ0v) is 4.69. The molecule has 4 heteroatoms. The van der Waals surface area contributed by atoms with Crippen LogP contribution in [0.3, 0.4) is 0 Å². The highest BCUT2D eigenvalue weighted by Crippen LogP contribution is 1.83. The molecule has 0 saturated carbocycles. The van der Waals surface area contributed by atoms with Crippen LogP contribution in [0.4, 0.5) is 0 Å². The van der Waals surface area contributed by atoms with Gasteiger partial charge in [-0.2, -0.15) is 0 Å². The fraction of sp³-hybridized carbons (Fsp3) is 0.200. The van der Waals surface area contributed by atoms with Crippen LogP contribution < -0.4 is 0 Å². The fourth-order valence-electron chi connectivity index (χ4n) is 0.488. The third-order valence-corrected chi connectivity index (χ3v) is 0.928. The summed E-state index contributed by atoms with van der Waals surface area (Å²) in [5.74, 6) is -0.368. The highest BCUT2D eigenvalue weighted by atomic mass is 16.3. The minimum atomic E-state index is -0.476. The number of hydrogen-bond donors (Lipinski definition) is 1. The van der Waals surface area contributed by atoms with E-state index in [0.29, 0.717) is 0 Å². The largest absolute Gasteiger partial charge is 0.387 e. The summed E-state index contributed by atoms with van der Waals surface area (Å²) in [6.45, 7) is -0.476. The van der Waals surface area contributed by atoms with Crippen molar-refractivity contribution in [1.82, 2.24) is 9.55 Å². The van der Waals surface area contributed by atoms with Crippen LogP contribution in [0.1, 0.15) is 4.79 Å². The summed E-state index contributed by atoms with van der Waals surface area (Å²) < 4.78 is 1.22. The maximum Gasteiger partial charge on any atom is 0.257 e. The summed E-state index contributed by atoms with van der Waals surface area (Å²) in [7, 11) is 0. The second-order valence-electron chi connectivity index (χ2n) is 1.52. The van der Waals surface area contributed by atoms with Gasteiger partial charge < -0.3 is 5.11 Å². The van der Waals surface area contributed by atoms with Crippen molar-refractivity contribution in [3.05, 3.63) is 18.7 Å². The number of nitrogens with zero attached hydrogens (tertiary/aromatic N) is 2. The van der Waals surface area contributed by atoms with Crippen LogP contribution in [0, 0.1) is 0 Å². The molecule has 0 fully saturated rings. The summed E-state index contributed by atoms with van der Waals surface area (Å²) >= 11 is 0. The van der Waals surface area contributed by atoms with E-state index in [0.717, 1.165) is 0 Å². The van der Waals surface area contributed by atoms with Gasteiger partial charge in [0.05, 0.1) is 0 Å². The number of rotatable bonds is 1. The molecule has 0 aliphatic carbocycles. The van der Waals surface area contributed by atoms with Crippen molar-refractivity contribution in [2.75, 3.05) is 6.61 Å². The van der Waals surface area contributed by atoms with Gasteiger partial charge in [-0.05, 0) is 0 Å². The van der Waals surface area contributed by atoms with E-state index in [-0.39, 0.29) is 5.91 Å². The van der Waals surface area contributed by atoms with Gasteiger partial charge in [0, 0.05) is 12.4 Å². The molecule has 0 aliphatic rings. The molecule has 48 valence electrons. The number of hydrogen-bond acceptors (Lipinski definition) is 3. The Balaban J connectivity index is 2.77. The Hall–Kier alpha value is -1.16. The predicted octanol–water partition coefficient (Wildman–Crippen LogP) is -0.484. The van der Waals surface area contributed by atoms with Gasteiger partial charge >= 0.3 is 0 Å². The number of carbonyl (C=O) groups is 1. The quantitative estimate of drug-likeness (QED) is 0.552. The van der Waals surface area contributed by atoms with Crippen LogP contribution in [0.25, 0.3) is 0 Å². The van der Waals surface area contributed by atoms with Gasteiger partial charge in [-0.3, -0.25) is 9.36 Å². The fourth-order valence-corrected chi connectivity index (χ4v) is 0.488. The highest BCUT2D eigenvalue weighted by Gasteiger charge is 1.97. The van der Waals surface area contributed by atoms with Crippen molar-refractivity contribution in [3.8, 4) is 0 Å². The first-order valence-corrected chi connectivity index (χ1v) is 2.46. The number of aliphatic hydroxyl groups excluding tert-OH is 1. The standard InChI is InChI=1S/C5H6N2O2/c8-3-5(9)7-2-1-6-4-7/h1-2,4,8H,3H2. The molecule has 1 aromatic heterocycles. The van der Waals surface area contributed by atoms with E-state index in [1.165, 1.54) is 23.3 Å². The van der Waals surface area contributed by atoms with Crippen molar-refractivity contribution in [3.63, 3.8) is 0 Å². The lowest BCUT2D eigenvalue weighted by molar-refractivity contribution is 0.0818. The molecule has 1 rings (SSSR count). The van der Waals surface area contributed by atoms with E-state index < -0.39 is 6.61 Å². The van der Waals surface area contributed by atoms with Gasteiger partial charge in [-0.25, -0.2) is 4.98 Å². The molecule has 0 unspecified atom stereocenters. The Morgan fingerprint density at radius 1 is 1.78 bits per heavy atom. The van der Waals surface area contributed by atoms with E-state index in [1.54, 1.807) is 0 Å². The summed E-state index contributed by atoms with van der Waals surface area (Å²) in [6, 6.07) is 0. The molecule has 0 saturated heterocycles. The number of aliphatic hydroxyl groups is 1. The molecule has 0 aromatic carbocycles. The first-order valence-electron chi connectivity index (χ1n) is 2.46. The monoisotopic (exact) mass is 126 g/mol. The lowest BCUT2D eigenvalue weighted by Gasteiger charge is -1.92. The normalized spacial score (nSPS) is 9.44. The molecule has 0 radical (unpaired) electrons. The van der Waals surface area contributed by atoms with Crippen LogP contribution in [-0.4, -0.2) is 27.2 Å². The number of imidazole rings is 1. The number of aromatic nitrogens is 2. The first kappa shape index (κ1) is 5.97. The van der Waals surface area contributed by atoms with Crippen LogP contribution in [-0.2, 0) is 0 Å². The van der Waals surface area contributed by atoms with Crippen molar-refractivity contribution in [2.45, 2.75) is 0 Å². The zero-order chi connectivity index (χ0) is 6.69. The van der Waals surface area contributed by atoms with E-state index in [2.05, 4.69) is 4.98 Å². The summed E-state index contributed by atoms with van der Waals surface area (Å²) in [5.41, 5.74) is 0. The summed E-state index contributed by atoms with van der Waals surface area (Å²) in [4.78, 5) is 14.2. The molecular weight excluding hydrogens is 120 g/mol. The Kier molecular flexibility index (Phi) is 1.60. The van der Waals surface area contributed by atoms with Crippen molar-refractivity contribution in [2.24, 2.45) is 0 Å². The minimum Gasteiger partial charge on any atom is -0.387 e. The van der Waals surface area contributed by atoms with E-state index >= 15 is 0 Å². The van der Waals surface area contributed by atoms with Crippen molar-refractivity contribution in [1.29, 1.82) is 0 Å². The van der Waals surface area contributed by atoms with Crippen LogP contribution in [0.5, 0.6) is 0 Å². The molecule has 0 aliphatic heterocycles. The third-order valence-electron chi connectivity index (χ3n) is 0.928. The average molecular weight is 126 g/mol. The number of carbonyl (C=O) groups excluding carboxylic acids is 1. The SMILES string of the molecule is O=C(CO)n1ccnc1. The second kappa shape index (κ2) is 2.41. The Morgan fingerprint density at radius 2 is 2.56 bits per heavy atom. The molecule has 0 amide bonds. The molecule has 4 nitrogen and oxygen atoms in total. The Bertz CT molecular complexity index is 193. The minimum absolute atomic E-state index is 0.368. The predicted molar refractivity (Wildman–Crippen MR) is 29.9 cm³/mol. The smallest absolute Gasteiger partial charge is 0.257 e. The summed E-state index contributed by atoms with van der Waals surface area (Å²) in [5, 5.41) is 8.31. The molecule has 0 bridgehead atoms. The maximum absolute atomic E-state index is 10.5. The molecule has 9 heavy (non-hydrogen) atoms. The van der Waals surface area contributed by atoms with Crippen LogP contribution in [0.15, 0.2) is 18.7 Å². The van der Waals surface area contributed by atoms with Crippen LogP contribution in [0.2, 0.25) is 0 Å². The van der Waals surface area contributed by atoms with E-state index in [4.69, 9.17) is 5.11 Å². The van der Waals surface area contributed by atoms with Crippen LogP contribution >= 0.6 is 0 Å². The van der Waals surface area contributed by atoms with Gasteiger partial charge in [0.1, 0.15) is 12.9 Å². The third kappa shape index (κ3) is 1.14. The van der Waals surface area contributed by atoms with E-state index in [9.17, 15) is 4.79 Å². The van der Waals surface area contributed by atoms with Gasteiger partial charge in [0.25, 0.3) is 5.91 Å². The highest BCUT2D eigenvalue weighted by molar-refractivity contribution is 5.79. The zero-order valence-electron chi connectivity index (χ0n) is 4.69. The van der Waals surface area contributed by atoms with Gasteiger partial charge in [-0.1, -0.05) is 0 Å². The van der Waals surface area contributed by atoms with Crippen molar-refractivity contribution >= 4 is 5.91 Å².